The Balaban J connectivity index is 1.64. The number of oxime groups is 1. The van der Waals surface area contributed by atoms with Crippen LogP contribution in [0.15, 0.2) is 47.2 Å². The maximum Gasteiger partial charge on any atom is 0.372 e. The number of nitro groups is 2. The lowest BCUT2D eigenvalue weighted by atomic mass is 9.57. The van der Waals surface area contributed by atoms with Crippen molar-refractivity contribution in [3.05, 3.63) is 67.8 Å². The number of rotatable bonds is 4. The molecule has 4 aliphatic carbocycles. The Bertz CT molecular complexity index is 1070. The summed E-state index contributed by atoms with van der Waals surface area (Å²) >= 11 is 0. The average Bonchev–Trinajstić information content (AvgIpc) is 2.74. The Labute approximate surface area is 170 Å². The first kappa shape index (κ1) is 19.6. The van der Waals surface area contributed by atoms with Crippen molar-refractivity contribution in [1.29, 1.82) is 0 Å². The SMILES string of the molecule is CC1=CC(=NOC(=O)c2ccc([N+](=O)[O-])cc2[N+](=O)[O-])[C@H]2[C@@H](C1=O)[C@H]1C=C[C@H]2CC1. The Morgan fingerprint density at radius 1 is 1.10 bits per heavy atom. The van der Waals surface area contributed by atoms with Gasteiger partial charge < -0.3 is 4.84 Å². The number of carbonyl (C=O) groups is 2. The summed E-state index contributed by atoms with van der Waals surface area (Å²) in [6.45, 7) is 1.68. The van der Waals surface area contributed by atoms with Crippen LogP contribution in [0.1, 0.15) is 30.1 Å². The predicted molar refractivity (Wildman–Crippen MR) is 104 cm³/mol. The highest BCUT2D eigenvalue weighted by Crippen LogP contribution is 2.48. The van der Waals surface area contributed by atoms with E-state index in [1.165, 1.54) is 0 Å². The lowest BCUT2D eigenvalue weighted by Crippen LogP contribution is -2.47. The minimum atomic E-state index is -1.10. The van der Waals surface area contributed by atoms with Gasteiger partial charge in [0.1, 0.15) is 5.56 Å². The van der Waals surface area contributed by atoms with Crippen molar-refractivity contribution in [2.24, 2.45) is 28.8 Å². The molecule has 0 unspecified atom stereocenters. The van der Waals surface area contributed by atoms with Gasteiger partial charge >= 0.3 is 5.97 Å². The van der Waals surface area contributed by atoms with Gasteiger partial charge in [-0.1, -0.05) is 17.3 Å². The van der Waals surface area contributed by atoms with Gasteiger partial charge in [0.25, 0.3) is 11.4 Å². The van der Waals surface area contributed by atoms with Gasteiger partial charge in [0.05, 0.1) is 21.6 Å². The largest absolute Gasteiger partial charge is 0.372 e. The van der Waals surface area contributed by atoms with Crippen molar-refractivity contribution in [3.63, 3.8) is 0 Å². The van der Waals surface area contributed by atoms with Crippen LogP contribution in [0, 0.1) is 43.9 Å². The van der Waals surface area contributed by atoms with Crippen molar-refractivity contribution in [1.82, 2.24) is 0 Å². The number of ketones is 1. The molecule has 4 atom stereocenters. The zero-order valence-corrected chi connectivity index (χ0v) is 15.9. The minimum Gasteiger partial charge on any atom is -0.312 e. The zero-order chi connectivity index (χ0) is 21.6. The standard InChI is InChI=1S/C20H17N3O7/c1-10-8-15(17-11-2-4-12(5-3-11)18(17)19(10)24)21-30-20(25)14-7-6-13(22(26)27)9-16(14)23(28)29/h2,4,6-9,11-12,17-18H,3,5H2,1H3/t11-,12-,17-,18-/m0/s1. The van der Waals surface area contributed by atoms with E-state index in [1.54, 1.807) is 13.0 Å². The Morgan fingerprint density at radius 2 is 1.77 bits per heavy atom. The van der Waals surface area contributed by atoms with Gasteiger partial charge in [-0.2, -0.15) is 0 Å². The molecule has 4 aliphatic rings. The van der Waals surface area contributed by atoms with Gasteiger partial charge in [0, 0.05) is 17.9 Å². The molecule has 0 aliphatic heterocycles. The molecule has 10 heteroatoms. The highest BCUT2D eigenvalue weighted by Gasteiger charge is 2.48. The van der Waals surface area contributed by atoms with Gasteiger partial charge in [0.15, 0.2) is 5.78 Å². The lowest BCUT2D eigenvalue weighted by Gasteiger charge is -2.45. The van der Waals surface area contributed by atoms with Crippen LogP contribution in [0.3, 0.4) is 0 Å². The number of hydrogen-bond acceptors (Lipinski definition) is 8. The van der Waals surface area contributed by atoms with Gasteiger partial charge in [0.2, 0.25) is 0 Å². The number of non-ortho nitro benzene ring substituents is 1. The van der Waals surface area contributed by atoms with E-state index in [9.17, 15) is 29.8 Å². The second-order valence-electron chi connectivity index (χ2n) is 7.64. The van der Waals surface area contributed by atoms with Crippen LogP contribution in [0.25, 0.3) is 0 Å². The fourth-order valence-corrected chi connectivity index (χ4v) is 4.59. The van der Waals surface area contributed by atoms with E-state index in [0.29, 0.717) is 17.4 Å². The molecule has 30 heavy (non-hydrogen) atoms. The first-order valence-electron chi connectivity index (χ1n) is 9.41. The molecule has 1 aromatic rings. The topological polar surface area (TPSA) is 142 Å². The van der Waals surface area contributed by atoms with Gasteiger partial charge in [-0.25, -0.2) is 4.79 Å². The van der Waals surface area contributed by atoms with Crippen LogP contribution in [-0.4, -0.2) is 27.3 Å². The number of benzene rings is 1. The lowest BCUT2D eigenvalue weighted by molar-refractivity contribution is -0.394. The molecule has 0 heterocycles. The molecule has 0 saturated heterocycles. The summed E-state index contributed by atoms with van der Waals surface area (Å²) in [6, 6.07) is 2.66. The summed E-state index contributed by atoms with van der Waals surface area (Å²) in [5, 5.41) is 26.0. The second kappa shape index (κ2) is 7.29. The highest BCUT2D eigenvalue weighted by atomic mass is 16.7. The Kier molecular flexibility index (Phi) is 4.76. The summed E-state index contributed by atoms with van der Waals surface area (Å²) in [6.07, 6.45) is 7.55. The number of hydrogen-bond donors (Lipinski definition) is 0. The van der Waals surface area contributed by atoms with Gasteiger partial charge in [-0.05, 0) is 49.3 Å². The summed E-state index contributed by atoms with van der Waals surface area (Å²) in [5.41, 5.74) is -0.717. The Hall–Kier alpha value is -3.69. The monoisotopic (exact) mass is 411 g/mol. The van der Waals surface area contributed by atoms with Crippen molar-refractivity contribution >= 4 is 28.8 Å². The van der Waals surface area contributed by atoms with Crippen molar-refractivity contribution in [2.45, 2.75) is 19.8 Å². The van der Waals surface area contributed by atoms with Crippen LogP contribution in [0.2, 0.25) is 0 Å². The molecule has 1 aromatic carbocycles. The molecule has 0 radical (unpaired) electrons. The normalized spacial score (nSPS) is 28.1. The molecule has 0 aromatic heterocycles. The molecule has 154 valence electrons. The summed E-state index contributed by atoms with van der Waals surface area (Å²) in [4.78, 5) is 50.5. The van der Waals surface area contributed by atoms with Crippen LogP contribution < -0.4 is 0 Å². The molecule has 0 spiro atoms. The number of Topliss-reactive ketones (excluding diaryl/α,β-unsaturated/α-hetero) is 1. The number of fused-ring (bicyclic) bond motifs is 1. The summed E-state index contributed by atoms with van der Waals surface area (Å²) in [5.74, 6) is -1.25. The number of carbonyl (C=O) groups excluding carboxylic acids is 2. The van der Waals surface area contributed by atoms with Gasteiger partial charge in [-0.15, -0.1) is 0 Å². The quantitative estimate of drug-likeness (QED) is 0.320. The molecule has 0 N–H and O–H groups in total. The maximum absolute atomic E-state index is 12.7. The van der Waals surface area contributed by atoms with Crippen molar-refractivity contribution in [2.75, 3.05) is 0 Å². The average molecular weight is 411 g/mol. The van der Waals surface area contributed by atoms with E-state index in [4.69, 9.17) is 4.84 Å². The van der Waals surface area contributed by atoms with E-state index in [0.717, 1.165) is 25.0 Å². The third kappa shape index (κ3) is 3.19. The molecular weight excluding hydrogens is 394 g/mol. The fourth-order valence-electron chi connectivity index (χ4n) is 4.59. The molecule has 2 bridgehead atoms. The third-order valence-electron chi connectivity index (χ3n) is 5.99. The van der Waals surface area contributed by atoms with E-state index in [1.807, 2.05) is 0 Å². The van der Waals surface area contributed by atoms with Crippen molar-refractivity contribution < 1.29 is 24.3 Å². The summed E-state index contributed by atoms with van der Waals surface area (Å²) in [7, 11) is 0. The first-order valence-corrected chi connectivity index (χ1v) is 9.41. The Morgan fingerprint density at radius 3 is 2.37 bits per heavy atom. The van der Waals surface area contributed by atoms with E-state index < -0.39 is 32.8 Å². The third-order valence-corrected chi connectivity index (χ3v) is 5.99. The summed E-state index contributed by atoms with van der Waals surface area (Å²) < 4.78 is 0. The molecule has 0 amide bonds. The van der Waals surface area contributed by atoms with Gasteiger partial charge in [-0.3, -0.25) is 25.0 Å². The number of nitro benzene ring substituents is 2. The molecule has 5 rings (SSSR count). The predicted octanol–water partition coefficient (Wildman–Crippen LogP) is 3.37. The minimum absolute atomic E-state index is 0.0651. The highest BCUT2D eigenvalue weighted by molar-refractivity contribution is 6.13. The second-order valence-corrected chi connectivity index (χ2v) is 7.64. The molecule has 1 fully saturated rings. The van der Waals surface area contributed by atoms with Crippen LogP contribution >= 0.6 is 0 Å². The molecule has 10 nitrogen and oxygen atoms in total. The number of allylic oxidation sites excluding steroid dienone is 4. The number of nitrogens with zero attached hydrogens (tertiary/aromatic N) is 3. The van der Waals surface area contributed by atoms with Crippen LogP contribution in [0.4, 0.5) is 11.4 Å². The van der Waals surface area contributed by atoms with E-state index in [-0.39, 0.29) is 29.5 Å². The maximum atomic E-state index is 12.7. The smallest absolute Gasteiger partial charge is 0.312 e. The zero-order valence-electron chi connectivity index (χ0n) is 15.9. The van der Waals surface area contributed by atoms with E-state index in [2.05, 4.69) is 17.3 Å². The molecule has 1 saturated carbocycles. The fraction of sp³-hybridized carbons (Fsp3) is 0.350. The first-order chi connectivity index (χ1) is 14.3. The van der Waals surface area contributed by atoms with Crippen LogP contribution in [-0.2, 0) is 9.63 Å². The molecular formula is C20H17N3O7. The van der Waals surface area contributed by atoms with Crippen molar-refractivity contribution in [3.8, 4) is 0 Å². The van der Waals surface area contributed by atoms with Crippen LogP contribution in [0.5, 0.6) is 0 Å². The van der Waals surface area contributed by atoms with E-state index >= 15 is 0 Å².